The van der Waals surface area contributed by atoms with E-state index in [9.17, 15) is 17.6 Å². The second-order valence-electron chi connectivity index (χ2n) is 6.90. The molecule has 1 atom stereocenters. The van der Waals surface area contributed by atoms with E-state index >= 15 is 0 Å². The van der Waals surface area contributed by atoms with E-state index in [1.165, 1.54) is 16.4 Å². The van der Waals surface area contributed by atoms with Gasteiger partial charge in [0.25, 0.3) is 0 Å². The fraction of sp³-hybridized carbons (Fsp3) is 0.333. The zero-order valence-corrected chi connectivity index (χ0v) is 16.9. The second kappa shape index (κ2) is 8.72. The summed E-state index contributed by atoms with van der Waals surface area (Å²) in [6.45, 7) is 2.45. The quantitative estimate of drug-likeness (QED) is 0.785. The third-order valence-corrected chi connectivity index (χ3v) is 6.99. The summed E-state index contributed by atoms with van der Waals surface area (Å²) in [4.78, 5) is 12.7. The Labute approximate surface area is 170 Å². The maximum atomic E-state index is 13.1. The Morgan fingerprint density at radius 2 is 2.00 bits per heavy atom. The summed E-state index contributed by atoms with van der Waals surface area (Å²) in [5, 5.41) is 11.9. The third kappa shape index (κ3) is 4.47. The molecular formula is C21H22FN3O3S. The number of hydrogen-bond acceptors (Lipinski definition) is 4. The van der Waals surface area contributed by atoms with Crippen LogP contribution in [0.15, 0.2) is 47.4 Å². The summed E-state index contributed by atoms with van der Waals surface area (Å²) in [5.41, 5.74) is 2.36. The maximum absolute atomic E-state index is 13.1. The van der Waals surface area contributed by atoms with Crippen LogP contribution in [-0.2, 0) is 27.8 Å². The molecule has 0 saturated carbocycles. The minimum Gasteiger partial charge on any atom is -0.351 e. The molecule has 1 unspecified atom stereocenters. The van der Waals surface area contributed by atoms with Crippen LogP contribution in [0.1, 0.15) is 36.5 Å². The van der Waals surface area contributed by atoms with Gasteiger partial charge in [0.05, 0.1) is 16.5 Å². The second-order valence-corrected chi connectivity index (χ2v) is 8.79. The normalized spacial score (nSPS) is 17.1. The van der Waals surface area contributed by atoms with Gasteiger partial charge in [-0.2, -0.15) is 9.57 Å². The van der Waals surface area contributed by atoms with Crippen molar-refractivity contribution in [3.05, 3.63) is 65.0 Å². The summed E-state index contributed by atoms with van der Waals surface area (Å²) >= 11 is 0. The number of hydrogen-bond donors (Lipinski definition) is 1. The van der Waals surface area contributed by atoms with Crippen molar-refractivity contribution in [1.82, 2.24) is 9.62 Å². The molecule has 1 N–H and O–H groups in total. The van der Waals surface area contributed by atoms with E-state index in [1.807, 2.05) is 13.0 Å². The molecule has 1 heterocycles. The minimum atomic E-state index is -3.88. The zero-order valence-electron chi connectivity index (χ0n) is 16.1. The van der Waals surface area contributed by atoms with Crippen molar-refractivity contribution in [1.29, 1.82) is 5.26 Å². The number of amides is 1. The molecule has 0 aliphatic carbocycles. The van der Waals surface area contributed by atoms with E-state index in [0.29, 0.717) is 24.8 Å². The topological polar surface area (TPSA) is 90.3 Å². The maximum Gasteiger partial charge on any atom is 0.243 e. The molecule has 0 bridgehead atoms. The number of carbonyl (C=O) groups excluding carboxylic acids is 1. The van der Waals surface area contributed by atoms with E-state index in [4.69, 9.17) is 5.26 Å². The molecule has 1 amide bonds. The number of benzene rings is 2. The van der Waals surface area contributed by atoms with E-state index < -0.39 is 21.9 Å². The highest BCUT2D eigenvalue weighted by Gasteiger charge is 2.39. The van der Waals surface area contributed by atoms with Crippen LogP contribution in [0.25, 0.3) is 0 Å². The van der Waals surface area contributed by atoms with Gasteiger partial charge in [0.2, 0.25) is 15.9 Å². The first kappa shape index (κ1) is 21.0. The van der Waals surface area contributed by atoms with Crippen molar-refractivity contribution in [3.8, 4) is 6.07 Å². The molecule has 3 rings (SSSR count). The van der Waals surface area contributed by atoms with Gasteiger partial charge >= 0.3 is 0 Å². The molecule has 1 fully saturated rings. The van der Waals surface area contributed by atoms with Gasteiger partial charge < -0.3 is 5.32 Å². The summed E-state index contributed by atoms with van der Waals surface area (Å²) in [7, 11) is -3.88. The molecule has 2 aromatic carbocycles. The lowest BCUT2D eigenvalue weighted by Gasteiger charge is -2.23. The minimum absolute atomic E-state index is 0.0294. The zero-order chi connectivity index (χ0) is 21.0. The molecule has 8 heteroatoms. The monoisotopic (exact) mass is 415 g/mol. The van der Waals surface area contributed by atoms with Crippen molar-refractivity contribution in [2.45, 2.75) is 43.7 Å². The molecular weight excluding hydrogens is 393 g/mol. The van der Waals surface area contributed by atoms with Crippen molar-refractivity contribution in [2.24, 2.45) is 0 Å². The number of carbonyl (C=O) groups is 1. The van der Waals surface area contributed by atoms with E-state index in [0.717, 1.165) is 23.3 Å². The lowest BCUT2D eigenvalue weighted by molar-refractivity contribution is -0.124. The summed E-state index contributed by atoms with van der Waals surface area (Å²) in [6.07, 6.45) is 1.71. The van der Waals surface area contributed by atoms with Crippen LogP contribution in [0.5, 0.6) is 0 Å². The van der Waals surface area contributed by atoms with Crippen molar-refractivity contribution in [2.75, 3.05) is 6.54 Å². The van der Waals surface area contributed by atoms with Crippen molar-refractivity contribution < 1.29 is 17.6 Å². The highest BCUT2D eigenvalue weighted by molar-refractivity contribution is 7.89. The van der Waals surface area contributed by atoms with Crippen molar-refractivity contribution in [3.63, 3.8) is 0 Å². The number of nitriles is 1. The Morgan fingerprint density at radius 1 is 1.28 bits per heavy atom. The third-order valence-electron chi connectivity index (χ3n) is 5.06. The SMILES string of the molecule is CCc1cc(CNC(=O)C2CCCN2S(=O)(=O)c2ccc(F)cc2)ccc1C#N. The summed E-state index contributed by atoms with van der Waals surface area (Å²) in [6, 6.07) is 11.3. The lowest BCUT2D eigenvalue weighted by Crippen LogP contribution is -2.45. The van der Waals surface area contributed by atoms with Gasteiger partial charge in [-0.3, -0.25) is 4.79 Å². The first-order chi connectivity index (χ1) is 13.9. The fourth-order valence-electron chi connectivity index (χ4n) is 3.50. The average Bonchev–Trinajstić information content (AvgIpc) is 3.23. The fourth-order valence-corrected chi connectivity index (χ4v) is 5.15. The molecule has 1 aliphatic heterocycles. The van der Waals surface area contributed by atoms with Crippen LogP contribution in [0, 0.1) is 17.1 Å². The average molecular weight is 415 g/mol. The van der Waals surface area contributed by atoms with Gasteiger partial charge in [0.15, 0.2) is 0 Å². The van der Waals surface area contributed by atoms with Gasteiger partial charge in [-0.05, 0) is 60.7 Å². The predicted molar refractivity (Wildman–Crippen MR) is 106 cm³/mol. The van der Waals surface area contributed by atoms with Crippen LogP contribution in [0.3, 0.4) is 0 Å². The van der Waals surface area contributed by atoms with Gasteiger partial charge in [-0.1, -0.05) is 19.1 Å². The molecule has 2 aromatic rings. The van der Waals surface area contributed by atoms with Gasteiger partial charge in [-0.25, -0.2) is 12.8 Å². The van der Waals surface area contributed by atoms with Gasteiger partial charge in [-0.15, -0.1) is 0 Å². The van der Waals surface area contributed by atoms with E-state index in [1.54, 1.807) is 12.1 Å². The standard InChI is InChI=1S/C21H22FN3O3S/c1-2-16-12-15(5-6-17(16)13-23)14-24-21(26)20-4-3-11-25(20)29(27,28)19-9-7-18(22)8-10-19/h5-10,12,20H,2-4,11,14H2,1H3,(H,24,26). The van der Waals surface area contributed by atoms with Crippen LogP contribution < -0.4 is 5.32 Å². The van der Waals surface area contributed by atoms with Crippen LogP contribution >= 0.6 is 0 Å². The van der Waals surface area contributed by atoms with Crippen LogP contribution in [-0.4, -0.2) is 31.2 Å². The van der Waals surface area contributed by atoms with Crippen molar-refractivity contribution >= 4 is 15.9 Å². The molecule has 1 saturated heterocycles. The Hall–Kier alpha value is -2.76. The summed E-state index contributed by atoms with van der Waals surface area (Å²) in [5.74, 6) is -0.885. The molecule has 1 aliphatic rings. The largest absolute Gasteiger partial charge is 0.351 e. The molecule has 29 heavy (non-hydrogen) atoms. The number of halogens is 1. The Bertz CT molecular complexity index is 1050. The smallest absolute Gasteiger partial charge is 0.243 e. The van der Waals surface area contributed by atoms with E-state index in [-0.39, 0.29) is 23.9 Å². The number of nitrogens with one attached hydrogen (secondary N) is 1. The highest BCUT2D eigenvalue weighted by Crippen LogP contribution is 2.26. The van der Waals surface area contributed by atoms with Gasteiger partial charge in [0, 0.05) is 13.1 Å². The number of sulfonamides is 1. The number of rotatable bonds is 6. The number of nitrogens with zero attached hydrogens (tertiary/aromatic N) is 2. The molecule has 0 spiro atoms. The van der Waals surface area contributed by atoms with Gasteiger partial charge in [0.1, 0.15) is 11.9 Å². The molecule has 0 radical (unpaired) electrons. The highest BCUT2D eigenvalue weighted by atomic mass is 32.2. The van der Waals surface area contributed by atoms with Crippen LogP contribution in [0.2, 0.25) is 0 Å². The lowest BCUT2D eigenvalue weighted by atomic mass is 10.0. The Morgan fingerprint density at radius 3 is 2.66 bits per heavy atom. The first-order valence-corrected chi connectivity index (χ1v) is 10.9. The Balaban J connectivity index is 1.72. The Kier molecular flexibility index (Phi) is 6.30. The predicted octanol–water partition coefficient (Wildman–Crippen LogP) is 2.73. The molecule has 6 nitrogen and oxygen atoms in total. The molecule has 152 valence electrons. The number of aryl methyl sites for hydroxylation is 1. The summed E-state index contributed by atoms with van der Waals surface area (Å²) < 4.78 is 40.1. The first-order valence-electron chi connectivity index (χ1n) is 9.44. The molecule has 0 aromatic heterocycles. The van der Waals surface area contributed by atoms with Crippen LogP contribution in [0.4, 0.5) is 4.39 Å². The van der Waals surface area contributed by atoms with E-state index in [2.05, 4.69) is 11.4 Å².